The van der Waals surface area contributed by atoms with E-state index in [1.165, 1.54) is 18.4 Å². The van der Waals surface area contributed by atoms with Crippen LogP contribution in [0.15, 0.2) is 54.7 Å². The predicted molar refractivity (Wildman–Crippen MR) is 94.2 cm³/mol. The van der Waals surface area contributed by atoms with Gasteiger partial charge in [-0.25, -0.2) is 4.68 Å². The largest absolute Gasteiger partial charge is 0.368 e. The molecule has 122 valence electrons. The molecule has 1 aliphatic carbocycles. The summed E-state index contributed by atoms with van der Waals surface area (Å²) in [7, 11) is 0. The zero-order valence-corrected chi connectivity index (χ0v) is 13.8. The molecule has 0 atom stereocenters. The molecular weight excluding hydrogens is 298 g/mol. The first-order chi connectivity index (χ1) is 11.7. The zero-order valence-electron chi connectivity index (χ0n) is 13.8. The summed E-state index contributed by atoms with van der Waals surface area (Å²) < 4.78 is 1.74. The second-order valence-electron chi connectivity index (χ2n) is 6.69. The number of aryl methyl sites for hydroxylation is 1. The fourth-order valence-corrected chi connectivity index (χ4v) is 2.98. The van der Waals surface area contributed by atoms with E-state index < -0.39 is 0 Å². The van der Waals surface area contributed by atoms with Crippen LogP contribution in [0.5, 0.6) is 0 Å². The highest BCUT2D eigenvalue weighted by Crippen LogP contribution is 2.48. The lowest BCUT2D eigenvalue weighted by Crippen LogP contribution is -2.19. The Kier molecular flexibility index (Phi) is 3.76. The molecule has 5 nitrogen and oxygen atoms in total. The van der Waals surface area contributed by atoms with Crippen molar-refractivity contribution < 1.29 is 0 Å². The Hall–Kier alpha value is -2.69. The molecule has 1 saturated carbocycles. The Morgan fingerprint density at radius 2 is 1.88 bits per heavy atom. The third-order valence-electron chi connectivity index (χ3n) is 4.63. The molecule has 0 amide bonds. The lowest BCUT2D eigenvalue weighted by molar-refractivity contribution is 0.537. The highest BCUT2D eigenvalue weighted by Gasteiger charge is 2.42. The van der Waals surface area contributed by atoms with Gasteiger partial charge in [0.25, 0.3) is 0 Å². The van der Waals surface area contributed by atoms with E-state index in [1.807, 2.05) is 31.3 Å². The van der Waals surface area contributed by atoms with Crippen LogP contribution in [0.1, 0.15) is 24.1 Å². The molecule has 4 rings (SSSR count). The first-order valence-corrected chi connectivity index (χ1v) is 8.37. The fourth-order valence-electron chi connectivity index (χ4n) is 2.98. The molecule has 1 fully saturated rings. The van der Waals surface area contributed by atoms with E-state index >= 15 is 0 Å². The highest BCUT2D eigenvalue weighted by atomic mass is 15.3. The SMILES string of the molecule is Cc1ccn(-c2ccc(NCC3(Cc4ccccc4)CC3)nn2)n1. The van der Waals surface area contributed by atoms with Crippen molar-refractivity contribution in [3.05, 3.63) is 66.0 Å². The second-order valence-corrected chi connectivity index (χ2v) is 6.69. The van der Waals surface area contributed by atoms with Crippen molar-refractivity contribution in [2.45, 2.75) is 26.2 Å². The highest BCUT2D eigenvalue weighted by molar-refractivity contribution is 5.37. The number of aromatic nitrogens is 4. The van der Waals surface area contributed by atoms with Crippen LogP contribution in [0.25, 0.3) is 5.82 Å². The Balaban J connectivity index is 1.37. The van der Waals surface area contributed by atoms with Crippen molar-refractivity contribution >= 4 is 5.82 Å². The first-order valence-electron chi connectivity index (χ1n) is 8.37. The number of hydrogen-bond acceptors (Lipinski definition) is 4. The maximum Gasteiger partial charge on any atom is 0.175 e. The minimum Gasteiger partial charge on any atom is -0.368 e. The van der Waals surface area contributed by atoms with Gasteiger partial charge >= 0.3 is 0 Å². The minimum atomic E-state index is 0.376. The maximum atomic E-state index is 4.35. The topological polar surface area (TPSA) is 55.6 Å². The van der Waals surface area contributed by atoms with Gasteiger partial charge in [0, 0.05) is 12.7 Å². The molecule has 3 aromatic rings. The molecule has 0 spiro atoms. The average Bonchev–Trinajstić information content (AvgIpc) is 3.24. The summed E-state index contributed by atoms with van der Waals surface area (Å²) in [5, 5.41) is 16.3. The summed E-state index contributed by atoms with van der Waals surface area (Å²) in [6.07, 6.45) is 5.56. The standard InChI is InChI=1S/C19H21N5/c1-15-9-12-24(23-15)18-8-7-17(21-22-18)20-14-19(10-11-19)13-16-5-3-2-4-6-16/h2-9,12H,10-11,13-14H2,1H3,(H,20,21). The molecule has 5 heteroatoms. The van der Waals surface area contributed by atoms with Crippen LogP contribution < -0.4 is 5.32 Å². The van der Waals surface area contributed by atoms with Crippen molar-refractivity contribution in [1.29, 1.82) is 0 Å². The molecule has 0 aliphatic heterocycles. The normalized spacial score (nSPS) is 15.2. The number of hydrogen-bond donors (Lipinski definition) is 1. The maximum absolute atomic E-state index is 4.35. The number of anilines is 1. The molecular formula is C19H21N5. The fraction of sp³-hybridized carbons (Fsp3) is 0.316. The molecule has 0 bridgehead atoms. The van der Waals surface area contributed by atoms with E-state index in [0.29, 0.717) is 5.41 Å². The van der Waals surface area contributed by atoms with E-state index in [4.69, 9.17) is 0 Å². The van der Waals surface area contributed by atoms with E-state index in [-0.39, 0.29) is 0 Å². The molecule has 0 unspecified atom stereocenters. The summed E-state index contributed by atoms with van der Waals surface area (Å²) in [6.45, 7) is 2.90. The Morgan fingerprint density at radius 3 is 2.50 bits per heavy atom. The third kappa shape index (κ3) is 3.30. The van der Waals surface area contributed by atoms with Crippen LogP contribution in [-0.2, 0) is 6.42 Å². The monoisotopic (exact) mass is 319 g/mol. The van der Waals surface area contributed by atoms with Crippen LogP contribution in [0.3, 0.4) is 0 Å². The van der Waals surface area contributed by atoms with Crippen molar-refractivity contribution in [1.82, 2.24) is 20.0 Å². The van der Waals surface area contributed by atoms with Crippen LogP contribution in [0.4, 0.5) is 5.82 Å². The Morgan fingerprint density at radius 1 is 1.04 bits per heavy atom. The van der Waals surface area contributed by atoms with Crippen molar-refractivity contribution in [3.63, 3.8) is 0 Å². The van der Waals surface area contributed by atoms with Gasteiger partial charge in [-0.1, -0.05) is 30.3 Å². The van der Waals surface area contributed by atoms with Gasteiger partial charge in [-0.15, -0.1) is 10.2 Å². The van der Waals surface area contributed by atoms with E-state index in [2.05, 4.69) is 50.9 Å². The number of nitrogens with zero attached hydrogens (tertiary/aromatic N) is 4. The van der Waals surface area contributed by atoms with Crippen LogP contribution in [0, 0.1) is 12.3 Å². The van der Waals surface area contributed by atoms with Crippen LogP contribution >= 0.6 is 0 Å². The summed E-state index contributed by atoms with van der Waals surface area (Å²) in [5.74, 6) is 1.56. The molecule has 0 saturated heterocycles. The van der Waals surface area contributed by atoms with E-state index in [0.717, 1.165) is 30.3 Å². The third-order valence-corrected chi connectivity index (χ3v) is 4.63. The van der Waals surface area contributed by atoms with Crippen LogP contribution in [-0.4, -0.2) is 26.5 Å². The quantitative estimate of drug-likeness (QED) is 0.756. The Bertz CT molecular complexity index is 803. The lowest BCUT2D eigenvalue weighted by atomic mass is 9.96. The van der Waals surface area contributed by atoms with Gasteiger partial charge in [0.15, 0.2) is 5.82 Å². The van der Waals surface area contributed by atoms with Gasteiger partial charge in [-0.3, -0.25) is 0 Å². The summed E-state index contributed by atoms with van der Waals surface area (Å²) in [4.78, 5) is 0. The van der Waals surface area contributed by atoms with E-state index in [1.54, 1.807) is 4.68 Å². The molecule has 1 aromatic carbocycles. The predicted octanol–water partition coefficient (Wildman–Crippen LogP) is 3.41. The van der Waals surface area contributed by atoms with Crippen molar-refractivity contribution in [2.75, 3.05) is 11.9 Å². The second kappa shape index (κ2) is 6.07. The summed E-state index contributed by atoms with van der Waals surface area (Å²) in [5.41, 5.74) is 2.75. The molecule has 1 N–H and O–H groups in total. The Labute approximate surface area is 141 Å². The van der Waals surface area contributed by atoms with Gasteiger partial charge in [0.1, 0.15) is 5.82 Å². The average molecular weight is 319 g/mol. The molecule has 24 heavy (non-hydrogen) atoms. The van der Waals surface area contributed by atoms with Gasteiger partial charge < -0.3 is 5.32 Å². The van der Waals surface area contributed by atoms with Crippen molar-refractivity contribution in [3.8, 4) is 5.82 Å². The van der Waals surface area contributed by atoms with Gasteiger partial charge in [0.05, 0.1) is 5.69 Å². The lowest BCUT2D eigenvalue weighted by Gasteiger charge is -2.16. The minimum absolute atomic E-state index is 0.376. The van der Waals surface area contributed by atoms with E-state index in [9.17, 15) is 0 Å². The van der Waals surface area contributed by atoms with Gasteiger partial charge in [0.2, 0.25) is 0 Å². The number of rotatable bonds is 6. The first kappa shape index (κ1) is 14.9. The summed E-state index contributed by atoms with van der Waals surface area (Å²) in [6, 6.07) is 16.6. The summed E-state index contributed by atoms with van der Waals surface area (Å²) >= 11 is 0. The van der Waals surface area contributed by atoms with Gasteiger partial charge in [-0.2, -0.15) is 5.10 Å². The van der Waals surface area contributed by atoms with Gasteiger partial charge in [-0.05, 0) is 55.4 Å². The molecule has 1 aliphatic rings. The van der Waals surface area contributed by atoms with Crippen LogP contribution in [0.2, 0.25) is 0 Å². The molecule has 0 radical (unpaired) electrons. The zero-order chi connectivity index (χ0) is 16.4. The number of nitrogens with one attached hydrogen (secondary N) is 1. The number of benzene rings is 1. The molecule has 2 aromatic heterocycles. The molecule has 2 heterocycles. The smallest absolute Gasteiger partial charge is 0.175 e. The van der Waals surface area contributed by atoms with Crippen molar-refractivity contribution in [2.24, 2.45) is 5.41 Å².